The first-order chi connectivity index (χ1) is 13.0. The lowest BCUT2D eigenvalue weighted by Gasteiger charge is -2.40. The van der Waals surface area contributed by atoms with E-state index in [0.717, 1.165) is 42.7 Å². The van der Waals surface area contributed by atoms with E-state index in [1.807, 2.05) is 18.2 Å². The van der Waals surface area contributed by atoms with Gasteiger partial charge < -0.3 is 19.9 Å². The number of fused-ring (bicyclic) bond motifs is 7. The molecule has 0 radical (unpaired) electrons. The van der Waals surface area contributed by atoms with E-state index in [4.69, 9.17) is 9.47 Å². The summed E-state index contributed by atoms with van der Waals surface area (Å²) in [4.78, 5) is 12.4. The van der Waals surface area contributed by atoms with Gasteiger partial charge in [-0.05, 0) is 61.1 Å². The second-order valence-electron chi connectivity index (χ2n) is 8.21. The van der Waals surface area contributed by atoms with Crippen molar-refractivity contribution < 1.29 is 19.4 Å². The normalized spacial score (nSPS) is 31.6. The molecule has 5 heteroatoms. The summed E-state index contributed by atoms with van der Waals surface area (Å²) in [6.07, 6.45) is 5.40. The molecule has 2 aliphatic heterocycles. The van der Waals surface area contributed by atoms with Crippen LogP contribution in [0.15, 0.2) is 18.2 Å². The molecular weight excluding hydrogens is 342 g/mol. The van der Waals surface area contributed by atoms with Crippen molar-refractivity contribution in [3.63, 3.8) is 0 Å². The largest absolute Gasteiger partial charge is 0.493 e. The Morgan fingerprint density at radius 3 is 2.85 bits per heavy atom. The number of carbonyl (C=O) groups is 1. The quantitative estimate of drug-likeness (QED) is 0.850. The van der Waals surface area contributed by atoms with Crippen LogP contribution in [0.5, 0.6) is 11.5 Å². The van der Waals surface area contributed by atoms with Crippen LogP contribution < -0.4 is 14.8 Å². The van der Waals surface area contributed by atoms with Crippen molar-refractivity contribution >= 4 is 5.91 Å². The Bertz CT molecular complexity index is 647. The molecule has 1 aliphatic carbocycles. The zero-order valence-corrected chi connectivity index (χ0v) is 16.7. The second-order valence-corrected chi connectivity index (χ2v) is 8.21. The van der Waals surface area contributed by atoms with Gasteiger partial charge in [0.05, 0.1) is 19.8 Å². The van der Waals surface area contributed by atoms with Gasteiger partial charge in [-0.3, -0.25) is 4.79 Å². The van der Waals surface area contributed by atoms with Gasteiger partial charge in [-0.2, -0.15) is 0 Å². The number of aliphatic hydroxyl groups is 1. The van der Waals surface area contributed by atoms with Crippen LogP contribution >= 0.6 is 0 Å². The number of amides is 1. The molecule has 2 heterocycles. The van der Waals surface area contributed by atoms with Crippen LogP contribution in [-0.2, 0) is 11.2 Å². The van der Waals surface area contributed by atoms with Crippen molar-refractivity contribution in [3.05, 3.63) is 23.8 Å². The maximum Gasteiger partial charge on any atom is 0.220 e. The van der Waals surface area contributed by atoms with Crippen molar-refractivity contribution in [1.29, 1.82) is 0 Å². The maximum atomic E-state index is 12.4. The van der Waals surface area contributed by atoms with Gasteiger partial charge in [-0.1, -0.05) is 26.3 Å². The first kappa shape index (κ1) is 20.0. The summed E-state index contributed by atoms with van der Waals surface area (Å²) < 4.78 is 12.0. The highest BCUT2D eigenvalue weighted by Crippen LogP contribution is 2.41. The van der Waals surface area contributed by atoms with Gasteiger partial charge in [0.1, 0.15) is 6.10 Å². The summed E-state index contributed by atoms with van der Waals surface area (Å²) in [6, 6.07) is 5.61. The van der Waals surface area contributed by atoms with Crippen LogP contribution in [0.4, 0.5) is 0 Å². The van der Waals surface area contributed by atoms with Crippen molar-refractivity contribution in [2.24, 2.45) is 17.8 Å². The van der Waals surface area contributed by atoms with Gasteiger partial charge in [0.25, 0.3) is 0 Å². The number of rotatable bonds is 3. The Morgan fingerprint density at radius 2 is 2.15 bits per heavy atom. The van der Waals surface area contributed by atoms with Gasteiger partial charge in [-0.15, -0.1) is 0 Å². The molecule has 5 nitrogen and oxygen atoms in total. The third kappa shape index (κ3) is 4.75. The van der Waals surface area contributed by atoms with E-state index < -0.39 is 0 Å². The van der Waals surface area contributed by atoms with Gasteiger partial charge in [0, 0.05) is 6.42 Å². The second kappa shape index (κ2) is 8.96. The molecule has 27 heavy (non-hydrogen) atoms. The molecule has 1 fully saturated rings. The van der Waals surface area contributed by atoms with Crippen LogP contribution in [0.3, 0.4) is 0 Å². The highest BCUT2D eigenvalue weighted by molar-refractivity contribution is 5.76. The maximum absolute atomic E-state index is 12.4. The average molecular weight is 376 g/mol. The highest BCUT2D eigenvalue weighted by Gasteiger charge is 2.36. The lowest BCUT2D eigenvalue weighted by molar-refractivity contribution is -0.122. The molecule has 150 valence electrons. The van der Waals surface area contributed by atoms with Crippen molar-refractivity contribution in [2.45, 2.75) is 64.5 Å². The van der Waals surface area contributed by atoms with Gasteiger partial charge in [0.2, 0.25) is 5.91 Å². The smallest absolute Gasteiger partial charge is 0.220 e. The standard InChI is InChI=1S/C22H33NO4/c1-4-16-12-20-14(2)9-17(16)6-8-22(25)23-18(13-24)10-15-5-7-19(26-3)21(11-15)27-20/h5,7,11,14,16-18,20,24H,4,6,8-10,12-13H2,1-3H3,(H,23,25). The molecular formula is C22H33NO4. The fourth-order valence-corrected chi connectivity index (χ4v) is 4.73. The number of hydrogen-bond acceptors (Lipinski definition) is 4. The van der Waals surface area contributed by atoms with Crippen LogP contribution in [0.1, 0.15) is 51.5 Å². The van der Waals surface area contributed by atoms with Crippen molar-refractivity contribution in [1.82, 2.24) is 5.32 Å². The summed E-state index contributed by atoms with van der Waals surface area (Å²) in [6.45, 7) is 4.42. The molecule has 1 aromatic rings. The molecule has 1 aromatic carbocycles. The summed E-state index contributed by atoms with van der Waals surface area (Å²) >= 11 is 0. The van der Waals surface area contributed by atoms with E-state index in [1.54, 1.807) is 7.11 Å². The van der Waals surface area contributed by atoms with Gasteiger partial charge >= 0.3 is 0 Å². The predicted molar refractivity (Wildman–Crippen MR) is 105 cm³/mol. The Morgan fingerprint density at radius 1 is 1.33 bits per heavy atom. The van der Waals surface area contributed by atoms with E-state index in [9.17, 15) is 9.90 Å². The van der Waals surface area contributed by atoms with Crippen molar-refractivity contribution in [3.8, 4) is 11.5 Å². The number of carbonyl (C=O) groups excluding carboxylic acids is 1. The minimum Gasteiger partial charge on any atom is -0.493 e. The highest BCUT2D eigenvalue weighted by atomic mass is 16.5. The molecule has 5 unspecified atom stereocenters. The number of nitrogens with one attached hydrogen (secondary N) is 1. The van der Waals surface area contributed by atoms with Crippen molar-refractivity contribution in [2.75, 3.05) is 13.7 Å². The number of benzene rings is 1. The Hall–Kier alpha value is -1.75. The number of hydrogen-bond donors (Lipinski definition) is 2. The summed E-state index contributed by atoms with van der Waals surface area (Å²) in [5.41, 5.74) is 1.02. The zero-order valence-electron chi connectivity index (χ0n) is 16.7. The van der Waals surface area contributed by atoms with Gasteiger partial charge in [0.15, 0.2) is 11.5 Å². The molecule has 4 bridgehead atoms. The molecule has 0 spiro atoms. The third-order valence-corrected chi connectivity index (χ3v) is 6.35. The van der Waals surface area contributed by atoms with E-state index in [2.05, 4.69) is 19.2 Å². The van der Waals surface area contributed by atoms with Crippen LogP contribution in [-0.4, -0.2) is 36.9 Å². The van der Waals surface area contributed by atoms with Crippen LogP contribution in [0.25, 0.3) is 0 Å². The van der Waals surface area contributed by atoms with Crippen LogP contribution in [0, 0.1) is 17.8 Å². The first-order valence-corrected chi connectivity index (χ1v) is 10.3. The fourth-order valence-electron chi connectivity index (χ4n) is 4.73. The average Bonchev–Trinajstić information content (AvgIpc) is 2.67. The molecule has 0 saturated heterocycles. The number of methoxy groups -OCH3 is 1. The first-order valence-electron chi connectivity index (χ1n) is 10.3. The van der Waals surface area contributed by atoms with E-state index in [0.29, 0.717) is 30.6 Å². The Kier molecular flexibility index (Phi) is 6.64. The molecule has 5 atom stereocenters. The summed E-state index contributed by atoms with van der Waals surface area (Å²) in [7, 11) is 1.66. The van der Waals surface area contributed by atoms with E-state index >= 15 is 0 Å². The SMILES string of the molecule is CCC1CC2Oc3cc(ccc3OC)CC(CO)NC(=O)CCC1CC2C. The number of aliphatic hydroxyl groups excluding tert-OH is 1. The minimum absolute atomic E-state index is 0.0423. The van der Waals surface area contributed by atoms with Crippen LogP contribution in [0.2, 0.25) is 0 Å². The van der Waals surface area contributed by atoms with E-state index in [1.165, 1.54) is 0 Å². The fraction of sp³-hybridized carbons (Fsp3) is 0.682. The topological polar surface area (TPSA) is 67.8 Å². The molecule has 2 N–H and O–H groups in total. The minimum atomic E-state index is -0.278. The zero-order chi connectivity index (χ0) is 19.4. The molecule has 3 aliphatic rings. The third-order valence-electron chi connectivity index (χ3n) is 6.35. The predicted octanol–water partition coefficient (Wildman–Crippen LogP) is 3.33. The lowest BCUT2D eigenvalue weighted by Crippen LogP contribution is -2.41. The Balaban J connectivity index is 1.94. The monoisotopic (exact) mass is 375 g/mol. The molecule has 4 rings (SSSR count). The Labute approximate surface area is 162 Å². The summed E-state index contributed by atoms with van der Waals surface area (Å²) in [5, 5.41) is 12.7. The lowest BCUT2D eigenvalue weighted by atomic mass is 9.70. The molecule has 1 saturated carbocycles. The molecule has 0 aromatic heterocycles. The van der Waals surface area contributed by atoms with Gasteiger partial charge in [-0.25, -0.2) is 0 Å². The summed E-state index contributed by atoms with van der Waals surface area (Å²) in [5.74, 6) is 3.12. The van der Waals surface area contributed by atoms with E-state index in [-0.39, 0.29) is 24.7 Å². The number of ether oxygens (including phenoxy) is 2. The molecule has 1 amide bonds.